The highest BCUT2D eigenvalue weighted by molar-refractivity contribution is 9.10. The SMILES string of the molecule is BC(B)(C)Oc1ncccc1Br. The fraction of sp³-hybridized carbons (Fsp3) is 0.286. The Balaban J connectivity index is 2.83. The summed E-state index contributed by atoms with van der Waals surface area (Å²) in [6, 6.07) is 3.77. The third-order valence-corrected chi connectivity index (χ3v) is 1.73. The molecule has 62 valence electrons. The van der Waals surface area contributed by atoms with Gasteiger partial charge in [0.25, 0.3) is 0 Å². The standard InChI is InChI=1S/C7H10B2BrNO/c1-7(8,9)12-6-5(10)3-2-4-11-6/h2-4H,8-9H2,1H3. The van der Waals surface area contributed by atoms with Gasteiger partial charge >= 0.3 is 0 Å². The van der Waals surface area contributed by atoms with Crippen LogP contribution in [0.5, 0.6) is 5.88 Å². The number of rotatable bonds is 2. The zero-order chi connectivity index (χ0) is 9.19. The summed E-state index contributed by atoms with van der Waals surface area (Å²) < 4.78 is 6.46. The first-order valence-electron chi connectivity index (χ1n) is 3.78. The van der Waals surface area contributed by atoms with E-state index in [9.17, 15) is 0 Å². The van der Waals surface area contributed by atoms with Crippen molar-refractivity contribution in [3.05, 3.63) is 22.8 Å². The second kappa shape index (κ2) is 3.52. The first-order valence-corrected chi connectivity index (χ1v) is 4.58. The van der Waals surface area contributed by atoms with Crippen molar-refractivity contribution in [1.29, 1.82) is 0 Å². The minimum Gasteiger partial charge on any atom is -0.490 e. The van der Waals surface area contributed by atoms with Gasteiger partial charge in [-0.3, -0.25) is 0 Å². The topological polar surface area (TPSA) is 22.1 Å². The summed E-state index contributed by atoms with van der Waals surface area (Å²) in [7, 11) is 3.99. The van der Waals surface area contributed by atoms with Crippen LogP contribution in [-0.4, -0.2) is 26.1 Å². The summed E-state index contributed by atoms with van der Waals surface area (Å²) in [6.07, 6.45) is 1.71. The Kier molecular flexibility index (Phi) is 2.83. The molecule has 2 nitrogen and oxygen atoms in total. The van der Waals surface area contributed by atoms with E-state index < -0.39 is 0 Å². The van der Waals surface area contributed by atoms with Crippen LogP contribution in [0.2, 0.25) is 0 Å². The van der Waals surface area contributed by atoms with Gasteiger partial charge in [-0.05, 0) is 35.0 Å². The van der Waals surface area contributed by atoms with Crippen LogP contribution in [0.3, 0.4) is 0 Å². The molecule has 0 aliphatic rings. The highest BCUT2D eigenvalue weighted by atomic mass is 79.9. The van der Waals surface area contributed by atoms with E-state index in [1.54, 1.807) is 6.20 Å². The molecule has 1 aromatic rings. The first-order chi connectivity index (χ1) is 5.49. The number of aromatic nitrogens is 1. The molecular weight excluding hydrogens is 216 g/mol. The number of ether oxygens (including phenoxy) is 1. The molecule has 0 saturated heterocycles. The molecule has 0 unspecified atom stereocenters. The van der Waals surface area contributed by atoms with E-state index in [-0.39, 0.29) is 5.40 Å². The van der Waals surface area contributed by atoms with E-state index in [1.807, 2.05) is 34.7 Å². The van der Waals surface area contributed by atoms with E-state index in [0.29, 0.717) is 5.88 Å². The minimum atomic E-state index is -0.198. The molecule has 0 N–H and O–H groups in total. The van der Waals surface area contributed by atoms with Gasteiger partial charge in [0.2, 0.25) is 5.88 Å². The van der Waals surface area contributed by atoms with Crippen molar-refractivity contribution >= 4 is 31.6 Å². The molecule has 12 heavy (non-hydrogen) atoms. The summed E-state index contributed by atoms with van der Waals surface area (Å²) in [5.74, 6) is 0.644. The lowest BCUT2D eigenvalue weighted by Gasteiger charge is -2.21. The Morgan fingerprint density at radius 2 is 2.25 bits per heavy atom. The number of halogens is 1. The van der Waals surface area contributed by atoms with Gasteiger partial charge < -0.3 is 4.74 Å². The highest BCUT2D eigenvalue weighted by Crippen LogP contribution is 2.22. The minimum absolute atomic E-state index is 0.198. The van der Waals surface area contributed by atoms with Crippen LogP contribution in [0.1, 0.15) is 6.92 Å². The Morgan fingerprint density at radius 1 is 1.58 bits per heavy atom. The zero-order valence-corrected chi connectivity index (χ0v) is 9.05. The summed E-state index contributed by atoms with van der Waals surface area (Å²) in [5, 5.41) is -0.198. The smallest absolute Gasteiger partial charge is 0.226 e. The van der Waals surface area contributed by atoms with Gasteiger partial charge in [-0.1, -0.05) is 0 Å². The van der Waals surface area contributed by atoms with Crippen LogP contribution in [0.4, 0.5) is 0 Å². The van der Waals surface area contributed by atoms with Crippen LogP contribution < -0.4 is 4.74 Å². The molecular formula is C7H10B2BrNO. The fourth-order valence-electron chi connectivity index (χ4n) is 0.736. The van der Waals surface area contributed by atoms with E-state index in [1.165, 1.54) is 0 Å². The molecule has 0 saturated carbocycles. The van der Waals surface area contributed by atoms with E-state index >= 15 is 0 Å². The monoisotopic (exact) mass is 225 g/mol. The predicted molar refractivity (Wildman–Crippen MR) is 58.1 cm³/mol. The quantitative estimate of drug-likeness (QED) is 0.670. The van der Waals surface area contributed by atoms with Gasteiger partial charge in [-0.15, -0.1) is 0 Å². The van der Waals surface area contributed by atoms with Gasteiger partial charge in [0.05, 0.1) is 4.47 Å². The average Bonchev–Trinajstić information content (AvgIpc) is 1.91. The molecule has 0 spiro atoms. The third kappa shape index (κ3) is 2.89. The van der Waals surface area contributed by atoms with E-state index in [2.05, 4.69) is 20.9 Å². The van der Waals surface area contributed by atoms with Gasteiger partial charge in [-0.2, -0.15) is 0 Å². The van der Waals surface area contributed by atoms with Crippen LogP contribution >= 0.6 is 15.9 Å². The molecule has 0 radical (unpaired) electrons. The zero-order valence-electron chi connectivity index (χ0n) is 7.47. The maximum atomic E-state index is 5.57. The molecule has 0 atom stereocenters. The summed E-state index contributed by atoms with van der Waals surface area (Å²) >= 11 is 3.36. The fourth-order valence-corrected chi connectivity index (χ4v) is 1.07. The Morgan fingerprint density at radius 3 is 2.75 bits per heavy atom. The molecule has 1 aromatic heterocycles. The Bertz CT molecular complexity index is 274. The van der Waals surface area contributed by atoms with Crippen molar-refractivity contribution in [2.75, 3.05) is 0 Å². The molecule has 1 rings (SSSR count). The lowest BCUT2D eigenvalue weighted by Crippen LogP contribution is -2.33. The van der Waals surface area contributed by atoms with Crippen molar-refractivity contribution in [2.24, 2.45) is 0 Å². The van der Waals surface area contributed by atoms with Crippen LogP contribution in [0, 0.1) is 0 Å². The molecule has 0 bridgehead atoms. The number of hydrogen-bond acceptors (Lipinski definition) is 2. The molecule has 1 heterocycles. The molecule has 0 amide bonds. The van der Waals surface area contributed by atoms with Crippen LogP contribution in [-0.2, 0) is 0 Å². The molecule has 0 aromatic carbocycles. The number of hydrogen-bond donors (Lipinski definition) is 0. The molecule has 5 heteroatoms. The largest absolute Gasteiger partial charge is 0.490 e. The van der Waals surface area contributed by atoms with E-state index in [0.717, 1.165) is 4.47 Å². The van der Waals surface area contributed by atoms with Gasteiger partial charge in [0.15, 0.2) is 0 Å². The van der Waals surface area contributed by atoms with Crippen LogP contribution in [0.15, 0.2) is 22.8 Å². The normalized spacial score (nSPS) is 11.2. The third-order valence-electron chi connectivity index (χ3n) is 1.13. The van der Waals surface area contributed by atoms with Crippen molar-refractivity contribution in [1.82, 2.24) is 4.98 Å². The molecule has 0 aliphatic carbocycles. The maximum absolute atomic E-state index is 5.57. The summed E-state index contributed by atoms with van der Waals surface area (Å²) in [4.78, 5) is 4.09. The van der Waals surface area contributed by atoms with Crippen molar-refractivity contribution in [3.8, 4) is 5.88 Å². The molecule has 0 aliphatic heterocycles. The highest BCUT2D eigenvalue weighted by Gasteiger charge is 2.14. The predicted octanol–water partition coefficient (Wildman–Crippen LogP) is 0.163. The Hall–Kier alpha value is -0.440. The maximum Gasteiger partial charge on any atom is 0.226 e. The van der Waals surface area contributed by atoms with Gasteiger partial charge in [0.1, 0.15) is 15.7 Å². The molecule has 0 fully saturated rings. The first kappa shape index (κ1) is 9.65. The van der Waals surface area contributed by atoms with Gasteiger partial charge in [-0.25, -0.2) is 4.98 Å². The summed E-state index contributed by atoms with van der Waals surface area (Å²) in [5.41, 5.74) is 0. The second-order valence-electron chi connectivity index (χ2n) is 3.50. The lowest BCUT2D eigenvalue weighted by molar-refractivity contribution is 0.248. The van der Waals surface area contributed by atoms with Crippen molar-refractivity contribution in [2.45, 2.75) is 12.3 Å². The van der Waals surface area contributed by atoms with Gasteiger partial charge in [0, 0.05) is 11.6 Å². The second-order valence-corrected chi connectivity index (χ2v) is 4.36. The number of pyridine rings is 1. The van der Waals surface area contributed by atoms with Crippen molar-refractivity contribution < 1.29 is 4.74 Å². The lowest BCUT2D eigenvalue weighted by atomic mass is 9.67. The summed E-state index contributed by atoms with van der Waals surface area (Å²) in [6.45, 7) is 1.99. The Labute approximate surface area is 82.7 Å². The van der Waals surface area contributed by atoms with Crippen molar-refractivity contribution in [3.63, 3.8) is 0 Å². The average molecular weight is 226 g/mol. The van der Waals surface area contributed by atoms with E-state index in [4.69, 9.17) is 4.74 Å². The van der Waals surface area contributed by atoms with Crippen LogP contribution in [0.25, 0.3) is 0 Å². The number of nitrogens with zero attached hydrogens (tertiary/aromatic N) is 1.